The monoisotopic (exact) mass is 210 g/mol. The van der Waals surface area contributed by atoms with Gasteiger partial charge in [0.25, 0.3) is 0 Å². The van der Waals surface area contributed by atoms with E-state index in [2.05, 4.69) is 31.1 Å². The number of hydrogen-bond donors (Lipinski definition) is 1. The Morgan fingerprint density at radius 2 is 2.29 bits per heavy atom. The zero-order valence-corrected chi connectivity index (χ0v) is 9.90. The highest BCUT2D eigenvalue weighted by atomic mass is 32.1. The highest BCUT2D eigenvalue weighted by molar-refractivity contribution is 7.15. The zero-order valence-electron chi connectivity index (χ0n) is 9.08. The van der Waals surface area contributed by atoms with Gasteiger partial charge in [0.05, 0.1) is 0 Å². The first kappa shape index (κ1) is 9.97. The minimum atomic E-state index is 0.599. The Labute approximate surface area is 89.8 Å². The second kappa shape index (κ2) is 3.89. The number of thiazole rings is 1. The van der Waals surface area contributed by atoms with E-state index in [4.69, 9.17) is 0 Å². The molecule has 2 rings (SSSR count). The van der Waals surface area contributed by atoms with E-state index in [1.165, 1.54) is 17.7 Å². The number of rotatable bonds is 3. The Morgan fingerprint density at radius 3 is 2.71 bits per heavy atom. The summed E-state index contributed by atoms with van der Waals surface area (Å²) in [6.45, 7) is 6.73. The fraction of sp³-hybridized carbons (Fsp3) is 0.727. The van der Waals surface area contributed by atoms with E-state index >= 15 is 0 Å². The summed E-state index contributed by atoms with van der Waals surface area (Å²) in [5, 5.41) is 4.61. The molecule has 0 bridgehead atoms. The van der Waals surface area contributed by atoms with Crippen molar-refractivity contribution in [3.05, 3.63) is 11.1 Å². The van der Waals surface area contributed by atoms with E-state index in [-0.39, 0.29) is 0 Å². The van der Waals surface area contributed by atoms with Crippen LogP contribution in [-0.4, -0.2) is 11.0 Å². The van der Waals surface area contributed by atoms with Crippen molar-refractivity contribution in [2.24, 2.45) is 5.92 Å². The van der Waals surface area contributed by atoms with Crippen LogP contribution in [0.2, 0.25) is 0 Å². The van der Waals surface area contributed by atoms with Gasteiger partial charge < -0.3 is 5.32 Å². The molecule has 2 atom stereocenters. The van der Waals surface area contributed by atoms with Gasteiger partial charge in [0, 0.05) is 17.1 Å². The quantitative estimate of drug-likeness (QED) is 0.826. The van der Waals surface area contributed by atoms with Crippen LogP contribution in [-0.2, 0) is 0 Å². The van der Waals surface area contributed by atoms with Crippen molar-refractivity contribution in [1.82, 2.24) is 4.98 Å². The molecule has 2 unspecified atom stereocenters. The second-order valence-electron chi connectivity index (χ2n) is 4.53. The fourth-order valence-corrected chi connectivity index (χ4v) is 2.54. The summed E-state index contributed by atoms with van der Waals surface area (Å²) in [5.41, 5.74) is 0. The number of aromatic nitrogens is 1. The lowest BCUT2D eigenvalue weighted by molar-refractivity contribution is 0.303. The van der Waals surface area contributed by atoms with E-state index in [0.717, 1.165) is 11.0 Å². The molecule has 1 aliphatic carbocycles. The Morgan fingerprint density at radius 1 is 1.50 bits per heavy atom. The predicted octanol–water partition coefficient (Wildman–Crippen LogP) is 3.48. The van der Waals surface area contributed by atoms with Crippen molar-refractivity contribution in [2.45, 2.75) is 45.6 Å². The third kappa shape index (κ3) is 1.92. The van der Waals surface area contributed by atoms with Crippen molar-refractivity contribution in [3.8, 4) is 0 Å². The molecule has 1 saturated carbocycles. The molecule has 0 spiro atoms. The van der Waals surface area contributed by atoms with Gasteiger partial charge in [-0.1, -0.05) is 20.8 Å². The van der Waals surface area contributed by atoms with Crippen molar-refractivity contribution in [2.75, 3.05) is 5.32 Å². The van der Waals surface area contributed by atoms with Crippen LogP contribution < -0.4 is 5.32 Å². The molecular formula is C11H18N2S. The first-order chi connectivity index (χ1) is 6.66. The molecule has 1 fully saturated rings. The highest BCUT2D eigenvalue weighted by Gasteiger charge is 2.27. The average molecular weight is 210 g/mol. The molecule has 78 valence electrons. The molecular weight excluding hydrogens is 192 g/mol. The second-order valence-corrected chi connectivity index (χ2v) is 5.59. The maximum absolute atomic E-state index is 4.40. The Hall–Kier alpha value is -0.570. The van der Waals surface area contributed by atoms with Gasteiger partial charge in [-0.25, -0.2) is 4.98 Å². The van der Waals surface area contributed by atoms with Crippen LogP contribution in [0.5, 0.6) is 0 Å². The number of anilines is 1. The van der Waals surface area contributed by atoms with Gasteiger partial charge in [0.2, 0.25) is 0 Å². The van der Waals surface area contributed by atoms with E-state index < -0.39 is 0 Å². The van der Waals surface area contributed by atoms with E-state index in [0.29, 0.717) is 12.0 Å². The lowest BCUT2D eigenvalue weighted by atomic mass is 9.81. The number of nitrogens with zero attached hydrogens (tertiary/aromatic N) is 1. The number of nitrogens with one attached hydrogen (secondary N) is 1. The maximum Gasteiger partial charge on any atom is 0.183 e. The molecule has 2 nitrogen and oxygen atoms in total. The van der Waals surface area contributed by atoms with Gasteiger partial charge in [-0.2, -0.15) is 0 Å². The Balaban J connectivity index is 1.96. The summed E-state index contributed by atoms with van der Waals surface area (Å²) in [6, 6.07) is 0.668. The van der Waals surface area contributed by atoms with Gasteiger partial charge in [-0.15, -0.1) is 11.3 Å². The molecule has 0 aromatic carbocycles. The SMILES string of the molecule is CC(C)c1cnc(NC2CCC2C)s1. The molecule has 14 heavy (non-hydrogen) atoms. The van der Waals surface area contributed by atoms with Crippen molar-refractivity contribution < 1.29 is 0 Å². The molecule has 0 aliphatic heterocycles. The standard InChI is InChI=1S/C11H18N2S/c1-7(2)10-6-12-11(14-10)13-9-5-4-8(9)3/h6-9H,4-5H2,1-3H3,(H,12,13). The first-order valence-corrected chi connectivity index (χ1v) is 6.20. The largest absolute Gasteiger partial charge is 0.359 e. The first-order valence-electron chi connectivity index (χ1n) is 5.39. The molecule has 0 radical (unpaired) electrons. The molecule has 1 heterocycles. The van der Waals surface area contributed by atoms with Crippen LogP contribution in [0.4, 0.5) is 5.13 Å². The van der Waals surface area contributed by atoms with Crippen molar-refractivity contribution >= 4 is 16.5 Å². The molecule has 0 saturated heterocycles. The van der Waals surface area contributed by atoms with Crippen LogP contribution in [0, 0.1) is 5.92 Å². The van der Waals surface area contributed by atoms with E-state index in [9.17, 15) is 0 Å². The molecule has 1 aliphatic rings. The van der Waals surface area contributed by atoms with Crippen LogP contribution in [0.25, 0.3) is 0 Å². The Kier molecular flexibility index (Phi) is 2.77. The molecule has 1 aromatic heterocycles. The topological polar surface area (TPSA) is 24.9 Å². The zero-order chi connectivity index (χ0) is 10.1. The van der Waals surface area contributed by atoms with E-state index in [1.54, 1.807) is 11.3 Å². The smallest absolute Gasteiger partial charge is 0.183 e. The van der Waals surface area contributed by atoms with Crippen molar-refractivity contribution in [3.63, 3.8) is 0 Å². The van der Waals surface area contributed by atoms with Crippen LogP contribution >= 0.6 is 11.3 Å². The van der Waals surface area contributed by atoms with Crippen LogP contribution in [0.1, 0.15) is 44.4 Å². The van der Waals surface area contributed by atoms with Gasteiger partial charge in [0.1, 0.15) is 0 Å². The highest BCUT2D eigenvalue weighted by Crippen LogP contribution is 2.32. The van der Waals surface area contributed by atoms with Gasteiger partial charge in [0.15, 0.2) is 5.13 Å². The minimum Gasteiger partial charge on any atom is -0.359 e. The van der Waals surface area contributed by atoms with Gasteiger partial charge in [-0.05, 0) is 24.7 Å². The third-order valence-electron chi connectivity index (χ3n) is 3.02. The normalized spacial score (nSPS) is 26.3. The Bertz CT molecular complexity index is 306. The summed E-state index contributed by atoms with van der Waals surface area (Å²) >= 11 is 1.80. The summed E-state index contributed by atoms with van der Waals surface area (Å²) in [4.78, 5) is 5.78. The molecule has 0 amide bonds. The van der Waals surface area contributed by atoms with E-state index in [1.807, 2.05) is 6.20 Å². The molecule has 1 N–H and O–H groups in total. The predicted molar refractivity (Wildman–Crippen MR) is 62.0 cm³/mol. The summed E-state index contributed by atoms with van der Waals surface area (Å²) in [6.07, 6.45) is 4.67. The van der Waals surface area contributed by atoms with Crippen LogP contribution in [0.15, 0.2) is 6.20 Å². The summed E-state index contributed by atoms with van der Waals surface area (Å²) in [5.74, 6) is 1.42. The fourth-order valence-electron chi connectivity index (χ4n) is 1.66. The maximum atomic E-state index is 4.40. The third-order valence-corrected chi connectivity index (χ3v) is 4.25. The van der Waals surface area contributed by atoms with Crippen LogP contribution in [0.3, 0.4) is 0 Å². The molecule has 1 aromatic rings. The molecule has 3 heteroatoms. The number of hydrogen-bond acceptors (Lipinski definition) is 3. The summed E-state index contributed by atoms with van der Waals surface area (Å²) in [7, 11) is 0. The average Bonchev–Trinajstić information content (AvgIpc) is 2.60. The van der Waals surface area contributed by atoms with Gasteiger partial charge in [-0.3, -0.25) is 0 Å². The van der Waals surface area contributed by atoms with Gasteiger partial charge >= 0.3 is 0 Å². The lowest BCUT2D eigenvalue weighted by Gasteiger charge is -2.34. The van der Waals surface area contributed by atoms with Crippen molar-refractivity contribution in [1.29, 1.82) is 0 Å². The summed E-state index contributed by atoms with van der Waals surface area (Å²) < 4.78 is 0. The minimum absolute atomic E-state index is 0.599. The lowest BCUT2D eigenvalue weighted by Crippen LogP contribution is -2.36.